The smallest absolute Gasteiger partial charge is 0.335 e. The van der Waals surface area contributed by atoms with E-state index in [1.807, 2.05) is 12.1 Å². The van der Waals surface area contributed by atoms with Gasteiger partial charge in [-0.15, -0.1) is 0 Å². The van der Waals surface area contributed by atoms with Crippen LogP contribution in [-0.2, 0) is 4.79 Å². The third-order valence-electron chi connectivity index (χ3n) is 14.5. The Morgan fingerprint density at radius 3 is 2.12 bits per heavy atom. The number of carbonyl (C=O) groups is 2. The lowest BCUT2D eigenvalue weighted by molar-refractivity contribution is -0.227. The van der Waals surface area contributed by atoms with Crippen molar-refractivity contribution in [1.82, 2.24) is 0 Å². The summed E-state index contributed by atoms with van der Waals surface area (Å²) in [6, 6.07) is 7.47. The van der Waals surface area contributed by atoms with Gasteiger partial charge in [0.2, 0.25) is 0 Å². The number of allylic oxidation sites excluding steroid dienone is 3. The van der Waals surface area contributed by atoms with Crippen LogP contribution in [0.2, 0.25) is 0 Å². The van der Waals surface area contributed by atoms with E-state index >= 15 is 0 Å². The van der Waals surface area contributed by atoms with Crippen LogP contribution in [0.15, 0.2) is 42.5 Å². The molecule has 0 amide bonds. The zero-order valence-electron chi connectivity index (χ0n) is 26.1. The third kappa shape index (κ3) is 3.64. The minimum atomic E-state index is -0.882. The normalized spacial score (nSPS) is 44.4. The van der Waals surface area contributed by atoms with Crippen molar-refractivity contribution in [3.05, 3.63) is 53.6 Å². The van der Waals surface area contributed by atoms with Gasteiger partial charge >= 0.3 is 11.9 Å². The highest BCUT2D eigenvalue weighted by atomic mass is 16.4. The summed E-state index contributed by atoms with van der Waals surface area (Å²) in [5.74, 6) is 0.684. The molecule has 0 radical (unpaired) electrons. The number of fused-ring (bicyclic) bond motifs is 7. The van der Waals surface area contributed by atoms with Crippen molar-refractivity contribution in [3.63, 3.8) is 0 Å². The molecule has 2 N–H and O–H groups in total. The molecular weight excluding hydrogens is 508 g/mol. The molecule has 0 aromatic heterocycles. The highest BCUT2D eigenvalue weighted by Gasteiger charge is 2.71. The number of hydrogen-bond acceptors (Lipinski definition) is 2. The van der Waals surface area contributed by atoms with Gasteiger partial charge in [0.25, 0.3) is 0 Å². The minimum absolute atomic E-state index is 0.0155. The van der Waals surface area contributed by atoms with Gasteiger partial charge < -0.3 is 10.2 Å². The summed E-state index contributed by atoms with van der Waals surface area (Å²) in [5.41, 5.74) is 3.94. The van der Waals surface area contributed by atoms with Gasteiger partial charge in [-0.05, 0) is 139 Å². The van der Waals surface area contributed by atoms with Crippen LogP contribution in [0.5, 0.6) is 0 Å². The molecule has 0 heterocycles. The summed E-state index contributed by atoms with van der Waals surface area (Å²) in [4.78, 5) is 24.4. The van der Waals surface area contributed by atoms with Gasteiger partial charge in [-0.1, -0.05) is 65.0 Å². The molecular formula is C37H50O4. The number of carboxylic acid groups (broad SMARTS) is 2. The molecule has 4 nitrogen and oxygen atoms in total. The van der Waals surface area contributed by atoms with E-state index in [0.29, 0.717) is 29.2 Å². The molecule has 0 saturated heterocycles. The molecule has 6 rings (SSSR count). The Morgan fingerprint density at radius 2 is 1.51 bits per heavy atom. The molecule has 9 atom stereocenters. The van der Waals surface area contributed by atoms with Gasteiger partial charge in [0.15, 0.2) is 0 Å². The van der Waals surface area contributed by atoms with Crippen LogP contribution in [0.4, 0.5) is 0 Å². The first kappa shape index (κ1) is 28.7. The van der Waals surface area contributed by atoms with Crippen molar-refractivity contribution in [2.75, 3.05) is 0 Å². The highest BCUT2D eigenvalue weighted by molar-refractivity contribution is 5.88. The Hall–Kier alpha value is -2.36. The Bertz CT molecular complexity index is 1320. The first-order valence-electron chi connectivity index (χ1n) is 16.1. The Morgan fingerprint density at radius 1 is 0.829 bits per heavy atom. The Kier molecular flexibility index (Phi) is 6.36. The molecule has 0 aliphatic heterocycles. The van der Waals surface area contributed by atoms with E-state index in [9.17, 15) is 19.8 Å². The first-order valence-corrected chi connectivity index (χ1v) is 16.1. The second-order valence-corrected chi connectivity index (χ2v) is 16.1. The molecule has 1 aromatic rings. The second kappa shape index (κ2) is 9.07. The monoisotopic (exact) mass is 558 g/mol. The fourth-order valence-corrected chi connectivity index (χ4v) is 12.4. The Labute approximate surface area is 246 Å². The number of carboxylic acids is 2. The molecule has 0 spiro atoms. The van der Waals surface area contributed by atoms with Gasteiger partial charge in [-0.3, -0.25) is 4.79 Å². The molecule has 5 aliphatic rings. The van der Waals surface area contributed by atoms with Crippen molar-refractivity contribution in [2.24, 2.45) is 56.7 Å². The number of hydrogen-bond donors (Lipinski definition) is 2. The summed E-state index contributed by atoms with van der Waals surface area (Å²) < 4.78 is 0. The maximum absolute atomic E-state index is 12.9. The van der Waals surface area contributed by atoms with Crippen LogP contribution in [-0.4, -0.2) is 22.2 Å². The maximum atomic E-state index is 12.9. The number of aliphatic carboxylic acids is 1. The lowest BCUT2D eigenvalue weighted by Crippen LogP contribution is -2.65. The van der Waals surface area contributed by atoms with E-state index in [-0.39, 0.29) is 27.6 Å². The summed E-state index contributed by atoms with van der Waals surface area (Å²) in [6.07, 6.45) is 11.9. The quantitative estimate of drug-likeness (QED) is 0.361. The van der Waals surface area contributed by atoms with E-state index in [0.717, 1.165) is 44.1 Å². The van der Waals surface area contributed by atoms with E-state index in [1.165, 1.54) is 30.4 Å². The predicted octanol–water partition coefficient (Wildman–Crippen LogP) is 9.12. The standard InChI is InChI=1S/C37H50O4/c1-22(2)25-14-19-37(32(40)41)21-20-35(6)27(30(25)37)12-13-29-34(5)17-15-26(23-8-10-24(11-9-23)31(38)39)33(3,4)28(34)16-18-36(29,35)7/h8-11,15,25,27-30H,1,12-14,16-21H2,2-7H3,(H,38,39)(H,40,41). The van der Waals surface area contributed by atoms with Gasteiger partial charge in [-0.25, -0.2) is 4.79 Å². The van der Waals surface area contributed by atoms with Crippen LogP contribution in [0.1, 0.15) is 115 Å². The maximum Gasteiger partial charge on any atom is 0.335 e. The van der Waals surface area contributed by atoms with E-state index < -0.39 is 17.4 Å². The van der Waals surface area contributed by atoms with Crippen LogP contribution in [0, 0.1) is 56.7 Å². The zero-order chi connectivity index (χ0) is 29.8. The molecule has 4 saturated carbocycles. The predicted molar refractivity (Wildman–Crippen MR) is 163 cm³/mol. The molecule has 4 heteroatoms. The molecule has 5 aliphatic carbocycles. The lowest BCUT2D eigenvalue weighted by atomic mass is 9.32. The summed E-state index contributed by atoms with van der Waals surface area (Å²) in [6.45, 7) is 19.1. The molecule has 4 fully saturated rings. The van der Waals surface area contributed by atoms with Gasteiger partial charge in [0.1, 0.15) is 0 Å². The average Bonchev–Trinajstić information content (AvgIpc) is 3.30. The molecule has 222 valence electrons. The summed E-state index contributed by atoms with van der Waals surface area (Å²) in [7, 11) is 0. The summed E-state index contributed by atoms with van der Waals surface area (Å²) >= 11 is 0. The zero-order valence-corrected chi connectivity index (χ0v) is 26.1. The van der Waals surface area contributed by atoms with Gasteiger partial charge in [0, 0.05) is 0 Å². The van der Waals surface area contributed by atoms with Crippen molar-refractivity contribution in [1.29, 1.82) is 0 Å². The van der Waals surface area contributed by atoms with E-state index in [1.54, 1.807) is 12.1 Å². The number of benzene rings is 1. The van der Waals surface area contributed by atoms with Gasteiger partial charge in [0.05, 0.1) is 11.0 Å². The lowest BCUT2D eigenvalue weighted by Gasteiger charge is -2.72. The molecule has 0 bridgehead atoms. The molecule has 1 aromatic carbocycles. The van der Waals surface area contributed by atoms with Crippen molar-refractivity contribution in [2.45, 2.75) is 99.3 Å². The first-order chi connectivity index (χ1) is 19.1. The minimum Gasteiger partial charge on any atom is -0.481 e. The van der Waals surface area contributed by atoms with Crippen molar-refractivity contribution >= 4 is 17.5 Å². The Balaban J connectivity index is 1.37. The van der Waals surface area contributed by atoms with Crippen molar-refractivity contribution < 1.29 is 19.8 Å². The third-order valence-corrected chi connectivity index (χ3v) is 14.5. The fourth-order valence-electron chi connectivity index (χ4n) is 12.4. The fraction of sp³-hybridized carbons (Fsp3) is 0.676. The number of aromatic carboxylic acids is 1. The van der Waals surface area contributed by atoms with Crippen LogP contribution >= 0.6 is 0 Å². The largest absolute Gasteiger partial charge is 0.481 e. The van der Waals surface area contributed by atoms with E-state index in [4.69, 9.17) is 0 Å². The summed E-state index contributed by atoms with van der Waals surface area (Å²) in [5, 5.41) is 20.0. The SMILES string of the molecule is C=C(C)C1CCC2(C(=O)O)CCC3(C)C(CCC4C5(C)CC=C(c6ccc(C(=O)O)cc6)C(C)(C)C5CCC43C)C12. The highest BCUT2D eigenvalue weighted by Crippen LogP contribution is 2.77. The van der Waals surface area contributed by atoms with Crippen LogP contribution in [0.25, 0.3) is 5.57 Å². The topological polar surface area (TPSA) is 74.6 Å². The van der Waals surface area contributed by atoms with Crippen LogP contribution in [0.3, 0.4) is 0 Å². The van der Waals surface area contributed by atoms with E-state index in [2.05, 4.69) is 54.2 Å². The molecule has 41 heavy (non-hydrogen) atoms. The van der Waals surface area contributed by atoms with Gasteiger partial charge in [-0.2, -0.15) is 0 Å². The van der Waals surface area contributed by atoms with Crippen molar-refractivity contribution in [3.8, 4) is 0 Å². The second-order valence-electron chi connectivity index (χ2n) is 16.1. The van der Waals surface area contributed by atoms with Crippen LogP contribution < -0.4 is 0 Å². The average molecular weight is 559 g/mol. The number of rotatable bonds is 4. The molecule has 9 unspecified atom stereocenters.